The highest BCUT2D eigenvalue weighted by Crippen LogP contribution is 2.19. The number of benzene rings is 1. The summed E-state index contributed by atoms with van der Waals surface area (Å²) in [6.07, 6.45) is 2.57. The average molecular weight is 292 g/mol. The number of anilines is 1. The Morgan fingerprint density at radius 2 is 1.95 bits per heavy atom. The first-order valence-corrected chi connectivity index (χ1v) is 6.95. The van der Waals surface area contributed by atoms with Crippen molar-refractivity contribution in [2.75, 3.05) is 18.0 Å². The van der Waals surface area contributed by atoms with Gasteiger partial charge in [-0.3, -0.25) is 4.98 Å². The summed E-state index contributed by atoms with van der Waals surface area (Å²) in [5, 5.41) is 10.7. The molecule has 0 spiro atoms. The maximum Gasteiger partial charge on any atom is 0.149 e. The molecule has 0 fully saturated rings. The number of hydrogen-bond acceptors (Lipinski definition) is 4. The second kappa shape index (κ2) is 6.68. The van der Waals surface area contributed by atoms with Crippen LogP contribution < -0.4 is 4.90 Å². The monoisotopic (exact) mass is 291 g/mol. The zero-order valence-corrected chi connectivity index (χ0v) is 12.4. The molecule has 0 aliphatic rings. The van der Waals surface area contributed by atoms with Crippen LogP contribution in [0.2, 0.25) is 5.15 Å². The molecule has 20 heavy (non-hydrogen) atoms. The van der Waals surface area contributed by atoms with Crippen molar-refractivity contribution in [3.05, 3.63) is 52.9 Å². The van der Waals surface area contributed by atoms with Gasteiger partial charge in [0.25, 0.3) is 0 Å². The number of rotatable bonds is 5. The minimum absolute atomic E-state index is 0.353. The van der Waals surface area contributed by atoms with E-state index < -0.39 is 6.10 Å². The molecule has 0 aliphatic heterocycles. The molecule has 106 valence electrons. The van der Waals surface area contributed by atoms with Gasteiger partial charge < -0.3 is 10.0 Å². The van der Waals surface area contributed by atoms with E-state index in [9.17, 15) is 5.11 Å². The number of aryl methyl sites for hydroxylation is 1. The Labute approximate surface area is 124 Å². The standard InChI is InChI=1S/C15H18ClN3O/c1-3-19(15-9-17-8-14(16)18-15)10-13(20)12-6-4-11(2)5-7-12/h4-9,13,20H,3,10H2,1-2H3. The third-order valence-corrected chi connectivity index (χ3v) is 3.34. The van der Waals surface area contributed by atoms with Crippen LogP contribution >= 0.6 is 11.6 Å². The summed E-state index contributed by atoms with van der Waals surface area (Å²) in [4.78, 5) is 10.2. The van der Waals surface area contributed by atoms with Gasteiger partial charge in [-0.05, 0) is 19.4 Å². The summed E-state index contributed by atoms with van der Waals surface area (Å²) in [6.45, 7) is 5.20. The third-order valence-electron chi connectivity index (χ3n) is 3.15. The molecule has 1 N–H and O–H groups in total. The minimum Gasteiger partial charge on any atom is -0.387 e. The van der Waals surface area contributed by atoms with E-state index in [1.807, 2.05) is 43.0 Å². The highest BCUT2D eigenvalue weighted by atomic mass is 35.5. The van der Waals surface area contributed by atoms with E-state index >= 15 is 0 Å². The van der Waals surface area contributed by atoms with Gasteiger partial charge >= 0.3 is 0 Å². The lowest BCUT2D eigenvalue weighted by Crippen LogP contribution is -2.29. The number of nitrogens with zero attached hydrogens (tertiary/aromatic N) is 3. The molecule has 0 saturated heterocycles. The van der Waals surface area contributed by atoms with Gasteiger partial charge in [-0.2, -0.15) is 0 Å². The van der Waals surface area contributed by atoms with E-state index in [1.54, 1.807) is 6.20 Å². The lowest BCUT2D eigenvalue weighted by atomic mass is 10.1. The van der Waals surface area contributed by atoms with E-state index in [0.717, 1.165) is 12.1 Å². The van der Waals surface area contributed by atoms with Crippen LogP contribution in [0.4, 0.5) is 5.82 Å². The van der Waals surface area contributed by atoms with Crippen molar-refractivity contribution in [1.29, 1.82) is 0 Å². The van der Waals surface area contributed by atoms with Crippen LogP contribution in [0.25, 0.3) is 0 Å². The lowest BCUT2D eigenvalue weighted by Gasteiger charge is -2.24. The number of aromatic nitrogens is 2. The van der Waals surface area contributed by atoms with Gasteiger partial charge in [0, 0.05) is 13.1 Å². The largest absolute Gasteiger partial charge is 0.387 e. The molecule has 0 saturated carbocycles. The fourth-order valence-corrected chi connectivity index (χ4v) is 2.12. The van der Waals surface area contributed by atoms with Crippen LogP contribution in [0, 0.1) is 6.92 Å². The summed E-state index contributed by atoms with van der Waals surface area (Å²) >= 11 is 5.85. The van der Waals surface area contributed by atoms with E-state index in [2.05, 4.69) is 9.97 Å². The number of aliphatic hydroxyl groups excluding tert-OH is 1. The molecule has 1 unspecified atom stereocenters. The maximum absolute atomic E-state index is 10.3. The first kappa shape index (κ1) is 14.8. The molecule has 5 heteroatoms. The molecule has 0 amide bonds. The van der Waals surface area contributed by atoms with Crippen LogP contribution in [0.1, 0.15) is 24.2 Å². The summed E-state index contributed by atoms with van der Waals surface area (Å²) in [5.41, 5.74) is 2.07. The molecule has 1 aromatic carbocycles. The molecule has 0 radical (unpaired) electrons. The van der Waals surface area contributed by atoms with Crippen molar-refractivity contribution in [2.24, 2.45) is 0 Å². The lowest BCUT2D eigenvalue weighted by molar-refractivity contribution is 0.183. The molecule has 1 heterocycles. The number of hydrogen-bond donors (Lipinski definition) is 1. The first-order chi connectivity index (χ1) is 9.60. The van der Waals surface area contributed by atoms with E-state index in [0.29, 0.717) is 17.5 Å². The molecule has 0 bridgehead atoms. The number of aliphatic hydroxyl groups is 1. The van der Waals surface area contributed by atoms with Crippen molar-refractivity contribution in [3.8, 4) is 0 Å². The summed E-state index contributed by atoms with van der Waals surface area (Å²) in [7, 11) is 0. The summed E-state index contributed by atoms with van der Waals surface area (Å²) in [5.74, 6) is 0.672. The Bertz CT molecular complexity index is 559. The first-order valence-electron chi connectivity index (χ1n) is 6.57. The predicted octanol–water partition coefficient (Wildman–Crippen LogP) is 3.00. The number of halogens is 1. The van der Waals surface area contributed by atoms with Crippen molar-refractivity contribution in [2.45, 2.75) is 20.0 Å². The quantitative estimate of drug-likeness (QED) is 0.920. The van der Waals surface area contributed by atoms with Crippen molar-refractivity contribution < 1.29 is 5.11 Å². The second-order valence-electron chi connectivity index (χ2n) is 4.67. The third kappa shape index (κ3) is 3.68. The van der Waals surface area contributed by atoms with Gasteiger partial charge in [0.1, 0.15) is 11.0 Å². The molecule has 1 atom stereocenters. The smallest absolute Gasteiger partial charge is 0.149 e. The SMILES string of the molecule is CCN(CC(O)c1ccc(C)cc1)c1cncc(Cl)n1. The fraction of sp³-hybridized carbons (Fsp3) is 0.333. The van der Waals surface area contributed by atoms with Crippen LogP contribution in [0.15, 0.2) is 36.7 Å². The Hall–Kier alpha value is -1.65. The van der Waals surface area contributed by atoms with E-state index in [1.165, 1.54) is 11.8 Å². The predicted molar refractivity (Wildman–Crippen MR) is 81.1 cm³/mol. The highest BCUT2D eigenvalue weighted by Gasteiger charge is 2.14. The zero-order valence-electron chi connectivity index (χ0n) is 11.6. The molecule has 0 aliphatic carbocycles. The summed E-state index contributed by atoms with van der Waals surface area (Å²) < 4.78 is 0. The Morgan fingerprint density at radius 1 is 1.25 bits per heavy atom. The van der Waals surface area contributed by atoms with Gasteiger partial charge in [-0.25, -0.2) is 4.98 Å². The van der Waals surface area contributed by atoms with Gasteiger partial charge in [0.15, 0.2) is 0 Å². The van der Waals surface area contributed by atoms with Crippen LogP contribution in [0.5, 0.6) is 0 Å². The van der Waals surface area contributed by atoms with Crippen LogP contribution in [0.3, 0.4) is 0 Å². The number of likely N-dealkylation sites (N-methyl/N-ethyl adjacent to an activating group) is 1. The second-order valence-corrected chi connectivity index (χ2v) is 5.05. The van der Waals surface area contributed by atoms with Crippen molar-refractivity contribution in [3.63, 3.8) is 0 Å². The summed E-state index contributed by atoms with van der Waals surface area (Å²) in [6, 6.07) is 7.87. The zero-order chi connectivity index (χ0) is 14.5. The topological polar surface area (TPSA) is 49.2 Å². The van der Waals surface area contributed by atoms with Gasteiger partial charge in [-0.15, -0.1) is 0 Å². The van der Waals surface area contributed by atoms with Crippen molar-refractivity contribution >= 4 is 17.4 Å². The molecule has 2 aromatic rings. The average Bonchev–Trinajstić information content (AvgIpc) is 2.45. The Kier molecular flexibility index (Phi) is 4.93. The van der Waals surface area contributed by atoms with E-state index in [-0.39, 0.29) is 0 Å². The van der Waals surface area contributed by atoms with Gasteiger partial charge in [0.2, 0.25) is 0 Å². The molecule has 4 nitrogen and oxygen atoms in total. The fourth-order valence-electron chi connectivity index (χ4n) is 1.97. The molecular weight excluding hydrogens is 274 g/mol. The molecule has 2 rings (SSSR count). The maximum atomic E-state index is 10.3. The molecular formula is C15H18ClN3O. The van der Waals surface area contributed by atoms with Crippen molar-refractivity contribution in [1.82, 2.24) is 9.97 Å². The van der Waals surface area contributed by atoms with Gasteiger partial charge in [0.05, 0.1) is 18.5 Å². The van der Waals surface area contributed by atoms with Gasteiger partial charge in [-0.1, -0.05) is 41.4 Å². The van der Waals surface area contributed by atoms with E-state index in [4.69, 9.17) is 11.6 Å². The highest BCUT2D eigenvalue weighted by molar-refractivity contribution is 6.29. The normalized spacial score (nSPS) is 12.2. The van der Waals surface area contributed by atoms with Crippen LogP contribution in [-0.4, -0.2) is 28.2 Å². The Morgan fingerprint density at radius 3 is 2.55 bits per heavy atom. The molecule has 1 aromatic heterocycles. The Balaban J connectivity index is 2.11. The minimum atomic E-state index is -0.573. The van der Waals surface area contributed by atoms with Crippen LogP contribution in [-0.2, 0) is 0 Å².